The van der Waals surface area contributed by atoms with Crippen LogP contribution in [0.1, 0.15) is 22.2 Å². The van der Waals surface area contributed by atoms with Crippen molar-refractivity contribution in [3.05, 3.63) is 108 Å². The number of benzene rings is 4. The van der Waals surface area contributed by atoms with Gasteiger partial charge in [0.1, 0.15) is 5.82 Å². The maximum absolute atomic E-state index is 8.63. The molecule has 0 fully saturated rings. The van der Waals surface area contributed by atoms with Gasteiger partial charge in [-0.3, -0.25) is 4.57 Å². The lowest BCUT2D eigenvalue weighted by Gasteiger charge is -2.11. The Hall–Kier alpha value is -3.69. The summed E-state index contributed by atoms with van der Waals surface area (Å²) in [6, 6.07) is 33.2. The van der Waals surface area contributed by atoms with Crippen LogP contribution in [-0.4, -0.2) is 9.55 Å². The van der Waals surface area contributed by atoms with Gasteiger partial charge in [-0.25, -0.2) is 4.98 Å². The van der Waals surface area contributed by atoms with E-state index in [-0.39, 0.29) is 5.92 Å². The molecule has 0 radical (unpaired) electrons. The summed E-state index contributed by atoms with van der Waals surface area (Å²) in [5.41, 5.74) is 7.13. The Morgan fingerprint density at radius 2 is 1.59 bits per heavy atom. The predicted molar refractivity (Wildman–Crippen MR) is 146 cm³/mol. The first-order valence-electron chi connectivity index (χ1n) is 12.6. The average molecular weight is 461 g/mol. The van der Waals surface area contributed by atoms with Gasteiger partial charge in [0, 0.05) is 29.5 Å². The van der Waals surface area contributed by atoms with Crippen molar-refractivity contribution in [3.8, 4) is 28.2 Å². The zero-order valence-electron chi connectivity index (χ0n) is 21.2. The van der Waals surface area contributed by atoms with Gasteiger partial charge in [0.15, 0.2) is 0 Å². The molecule has 0 saturated carbocycles. The molecule has 166 valence electrons. The molecule has 2 nitrogen and oxygen atoms in total. The molecule has 0 spiro atoms. The molecule has 0 N–H and O–H groups in total. The molecular formula is C31H26N2S. The van der Waals surface area contributed by atoms with Crippen molar-refractivity contribution < 1.29 is 2.74 Å². The zero-order chi connectivity index (χ0) is 24.9. The summed E-state index contributed by atoms with van der Waals surface area (Å²) in [6.07, 6.45) is -1.40. The van der Waals surface area contributed by atoms with Crippen LogP contribution in [0.3, 0.4) is 0 Å². The standard InChI is InChI=1S/C31H26N2S/c1-21(2)18-22-12-17-30-26(19-22)27(20-34-30)31-32-28-10-6-7-11-29(28)33(31)25-15-13-24(14-16-25)23-8-4-3-5-9-23/h3-17,19-21H,18H2,1-2H3/i18D2. The number of imidazole rings is 1. The molecule has 0 saturated heterocycles. The van der Waals surface area contributed by atoms with Crippen LogP contribution in [0.5, 0.6) is 0 Å². The van der Waals surface area contributed by atoms with Gasteiger partial charge in [-0.05, 0) is 65.4 Å². The fourth-order valence-corrected chi connectivity index (χ4v) is 5.45. The van der Waals surface area contributed by atoms with E-state index in [4.69, 9.17) is 7.73 Å². The van der Waals surface area contributed by atoms with Crippen molar-refractivity contribution in [1.82, 2.24) is 9.55 Å². The Balaban J connectivity index is 1.54. The van der Waals surface area contributed by atoms with Gasteiger partial charge in [0.05, 0.1) is 11.0 Å². The van der Waals surface area contributed by atoms with Crippen molar-refractivity contribution in [2.45, 2.75) is 20.2 Å². The lowest BCUT2D eigenvalue weighted by Crippen LogP contribution is -1.97. The van der Waals surface area contributed by atoms with Crippen LogP contribution in [0.2, 0.25) is 0 Å². The van der Waals surface area contributed by atoms with E-state index in [9.17, 15) is 0 Å². The molecule has 0 atom stereocenters. The molecule has 0 bridgehead atoms. The monoisotopic (exact) mass is 460 g/mol. The lowest BCUT2D eigenvalue weighted by atomic mass is 10.0. The van der Waals surface area contributed by atoms with Crippen LogP contribution < -0.4 is 0 Å². The number of rotatable bonds is 5. The van der Waals surface area contributed by atoms with Crippen LogP contribution in [0, 0.1) is 5.92 Å². The SMILES string of the molecule is [2H]C([2H])(c1ccc2scc(-c3nc4ccccc4n3-c3ccc(-c4ccccc4)cc3)c2c1)C(C)C. The predicted octanol–water partition coefficient (Wildman–Crippen LogP) is 8.77. The van der Waals surface area contributed by atoms with Gasteiger partial charge in [-0.1, -0.05) is 74.5 Å². The molecule has 4 aromatic carbocycles. The average Bonchev–Trinajstić information content (AvgIpc) is 3.50. The number of thiophene rings is 1. The van der Waals surface area contributed by atoms with Gasteiger partial charge in [0.2, 0.25) is 0 Å². The number of aromatic nitrogens is 2. The third kappa shape index (κ3) is 3.72. The number of para-hydroxylation sites is 2. The summed E-state index contributed by atoms with van der Waals surface area (Å²) in [7, 11) is 0. The van der Waals surface area contributed by atoms with E-state index in [1.165, 1.54) is 11.1 Å². The quantitative estimate of drug-likeness (QED) is 0.251. The molecule has 2 aromatic heterocycles. The highest BCUT2D eigenvalue weighted by Crippen LogP contribution is 2.37. The van der Waals surface area contributed by atoms with E-state index in [0.717, 1.165) is 38.2 Å². The number of hydrogen-bond acceptors (Lipinski definition) is 2. The highest BCUT2D eigenvalue weighted by Gasteiger charge is 2.18. The third-order valence-corrected chi connectivity index (χ3v) is 7.03. The van der Waals surface area contributed by atoms with Gasteiger partial charge in [0.25, 0.3) is 0 Å². The maximum Gasteiger partial charge on any atom is 0.147 e. The summed E-state index contributed by atoms with van der Waals surface area (Å²) in [6.45, 7) is 3.86. The Morgan fingerprint density at radius 3 is 2.38 bits per heavy atom. The van der Waals surface area contributed by atoms with Crippen molar-refractivity contribution >= 4 is 32.5 Å². The second-order valence-electron chi connectivity index (χ2n) is 8.83. The molecule has 0 amide bonds. The van der Waals surface area contributed by atoms with Gasteiger partial charge in [-0.2, -0.15) is 0 Å². The highest BCUT2D eigenvalue weighted by atomic mass is 32.1. The summed E-state index contributed by atoms with van der Waals surface area (Å²) in [5, 5.41) is 3.19. The zero-order valence-corrected chi connectivity index (χ0v) is 20.0. The van der Waals surface area contributed by atoms with E-state index in [1.54, 1.807) is 11.3 Å². The van der Waals surface area contributed by atoms with E-state index in [1.807, 2.05) is 56.3 Å². The fourth-order valence-electron chi connectivity index (χ4n) is 4.53. The molecule has 0 aliphatic carbocycles. The number of nitrogens with zero attached hydrogens (tertiary/aromatic N) is 2. The van der Waals surface area contributed by atoms with Crippen molar-refractivity contribution in [3.63, 3.8) is 0 Å². The van der Waals surface area contributed by atoms with E-state index in [2.05, 4.69) is 64.5 Å². The molecule has 0 aliphatic heterocycles. The molecule has 6 aromatic rings. The van der Waals surface area contributed by atoms with E-state index >= 15 is 0 Å². The molecule has 34 heavy (non-hydrogen) atoms. The summed E-state index contributed by atoms with van der Waals surface area (Å²) >= 11 is 1.67. The van der Waals surface area contributed by atoms with Crippen molar-refractivity contribution in [1.29, 1.82) is 0 Å². The Kier molecular flexibility index (Phi) is 4.72. The van der Waals surface area contributed by atoms with Gasteiger partial charge < -0.3 is 0 Å². The van der Waals surface area contributed by atoms with Gasteiger partial charge in [-0.15, -0.1) is 11.3 Å². The van der Waals surface area contributed by atoms with Gasteiger partial charge >= 0.3 is 0 Å². The minimum atomic E-state index is -1.40. The van der Waals surface area contributed by atoms with E-state index in [0.29, 0.717) is 5.56 Å². The van der Waals surface area contributed by atoms with Crippen molar-refractivity contribution in [2.24, 2.45) is 5.92 Å². The maximum atomic E-state index is 8.63. The highest BCUT2D eigenvalue weighted by molar-refractivity contribution is 7.17. The summed E-state index contributed by atoms with van der Waals surface area (Å²) in [5.74, 6) is 0.752. The summed E-state index contributed by atoms with van der Waals surface area (Å²) in [4.78, 5) is 5.07. The normalized spacial score (nSPS) is 12.9. The molecule has 2 heterocycles. The minimum Gasteiger partial charge on any atom is -0.292 e. The molecule has 6 rings (SSSR count). The van der Waals surface area contributed by atoms with Crippen LogP contribution in [-0.2, 0) is 6.37 Å². The lowest BCUT2D eigenvalue weighted by molar-refractivity contribution is 0.648. The largest absolute Gasteiger partial charge is 0.292 e. The summed E-state index contributed by atoms with van der Waals surface area (Å²) < 4.78 is 20.6. The fraction of sp³-hybridized carbons (Fsp3) is 0.129. The molecule has 3 heteroatoms. The molecule has 0 unspecified atom stereocenters. The van der Waals surface area contributed by atoms with Crippen LogP contribution in [0.15, 0.2) is 102 Å². The Morgan fingerprint density at radius 1 is 0.853 bits per heavy atom. The Labute approximate surface area is 207 Å². The third-order valence-electron chi connectivity index (χ3n) is 6.06. The van der Waals surface area contributed by atoms with E-state index < -0.39 is 6.37 Å². The van der Waals surface area contributed by atoms with Crippen LogP contribution >= 0.6 is 11.3 Å². The second kappa shape index (κ2) is 8.58. The van der Waals surface area contributed by atoms with Crippen molar-refractivity contribution in [2.75, 3.05) is 0 Å². The molecular weight excluding hydrogens is 432 g/mol. The topological polar surface area (TPSA) is 17.8 Å². The smallest absolute Gasteiger partial charge is 0.147 e. The Bertz CT molecular complexity index is 1680. The first-order chi connectivity index (χ1) is 17.4. The first-order valence-corrected chi connectivity index (χ1v) is 12.5. The number of fused-ring (bicyclic) bond motifs is 2. The minimum absolute atomic E-state index is 0.121. The molecule has 0 aliphatic rings. The first kappa shape index (κ1) is 18.7. The second-order valence-corrected chi connectivity index (χ2v) is 9.74. The van der Waals surface area contributed by atoms with Crippen LogP contribution in [0.4, 0.5) is 0 Å². The number of hydrogen-bond donors (Lipinski definition) is 0. The van der Waals surface area contributed by atoms with Crippen LogP contribution in [0.25, 0.3) is 49.3 Å².